The zero-order valence-electron chi connectivity index (χ0n) is 37.0. The van der Waals surface area contributed by atoms with E-state index in [0.717, 1.165) is 69.3 Å². The maximum Gasteiger partial charge on any atom is 0.533 e. The van der Waals surface area contributed by atoms with Gasteiger partial charge >= 0.3 is 12.3 Å². The quantitative estimate of drug-likeness (QED) is 0.0169. The van der Waals surface area contributed by atoms with Gasteiger partial charge in [-0.1, -0.05) is 146 Å². The summed E-state index contributed by atoms with van der Waals surface area (Å²) in [5.41, 5.74) is 0.447. The van der Waals surface area contributed by atoms with E-state index >= 15 is 0 Å². The summed E-state index contributed by atoms with van der Waals surface area (Å²) in [6.07, 6.45) is 45.3. The van der Waals surface area contributed by atoms with E-state index < -0.39 is 17.2 Å². The number of nitrogens with zero attached hydrogens (tertiary/aromatic N) is 2. The molecule has 336 valence electrons. The summed E-state index contributed by atoms with van der Waals surface area (Å²) in [6.45, 7) is 8.79. The van der Waals surface area contributed by atoms with Gasteiger partial charge in [-0.05, 0) is 95.6 Å². The SMILES string of the molecule is C=C1CCC(=O)N1OC(=O)OCCCCCCCC/C=C\C/C=C\CCCCC.CCCCC/C=C\C/C=C\CCCCCCCCOC(=O)Oc1ccc([N+](=O)[O-])cc1. The highest BCUT2D eigenvalue weighted by Crippen LogP contribution is 2.21. The smallest absolute Gasteiger partial charge is 0.434 e. The van der Waals surface area contributed by atoms with Gasteiger partial charge in [-0.2, -0.15) is 0 Å². The van der Waals surface area contributed by atoms with Gasteiger partial charge in [0.1, 0.15) is 5.75 Å². The molecule has 0 aromatic heterocycles. The molecule has 0 N–H and O–H groups in total. The standard InChI is InChI=1S/C25H37NO5.C24H39NO4/c1-2-3-4-5-6-7-8-9-10-11-12-13-14-15-16-17-22-30-25(27)31-24-20-18-23(19-21-24)26(28)29;1-3-4-5-6-7-8-9-10-11-12-13-14-15-16-17-18-21-28-24(27)29-25-22(2)19-20-23(25)26/h6-7,9-10,18-21H,2-5,8,11-17,22H2,1H3;7-8,10-11H,2-6,9,12-21H2,1H3/b7-6-,10-9-;8-7-,11-10-. The van der Waals surface area contributed by atoms with E-state index in [1.54, 1.807) is 0 Å². The van der Waals surface area contributed by atoms with Crippen LogP contribution in [0.25, 0.3) is 0 Å². The molecule has 0 spiro atoms. The second-order valence-electron chi connectivity index (χ2n) is 15.1. The first-order chi connectivity index (χ1) is 29.3. The van der Waals surface area contributed by atoms with Crippen LogP contribution in [0, 0.1) is 10.1 Å². The molecule has 60 heavy (non-hydrogen) atoms. The lowest BCUT2D eigenvalue weighted by Crippen LogP contribution is -2.27. The number of amides is 1. The van der Waals surface area contributed by atoms with Crippen LogP contribution in [0.1, 0.15) is 181 Å². The van der Waals surface area contributed by atoms with Crippen molar-refractivity contribution in [1.82, 2.24) is 5.06 Å². The largest absolute Gasteiger partial charge is 0.533 e. The number of nitro groups is 1. The molecule has 1 saturated heterocycles. The van der Waals surface area contributed by atoms with Gasteiger partial charge in [0.2, 0.25) is 0 Å². The fourth-order valence-corrected chi connectivity index (χ4v) is 6.10. The molecular formula is C49H76N2O9. The second-order valence-corrected chi connectivity index (χ2v) is 15.1. The van der Waals surface area contributed by atoms with Gasteiger partial charge in [0.25, 0.3) is 11.6 Å². The van der Waals surface area contributed by atoms with Crippen molar-refractivity contribution in [3.05, 3.63) is 95.3 Å². The number of non-ortho nitro benzene ring substituents is 1. The summed E-state index contributed by atoms with van der Waals surface area (Å²) in [4.78, 5) is 49.6. The van der Waals surface area contributed by atoms with Crippen LogP contribution in [0.5, 0.6) is 5.75 Å². The minimum absolute atomic E-state index is 0.0536. The van der Waals surface area contributed by atoms with Crippen molar-refractivity contribution in [1.29, 1.82) is 0 Å². The number of carbonyl (C=O) groups is 3. The molecule has 0 unspecified atom stereocenters. The molecule has 1 aromatic rings. The molecule has 2 rings (SSSR count). The van der Waals surface area contributed by atoms with E-state index in [1.165, 1.54) is 114 Å². The van der Waals surface area contributed by atoms with E-state index in [-0.39, 0.29) is 17.3 Å². The Bertz CT molecular complexity index is 1400. The first-order valence-corrected chi connectivity index (χ1v) is 22.8. The molecule has 0 saturated carbocycles. The fraction of sp³-hybridized carbons (Fsp3) is 0.612. The number of nitro benzene ring substituents is 1. The summed E-state index contributed by atoms with van der Waals surface area (Å²) in [7, 11) is 0. The third-order valence-electron chi connectivity index (χ3n) is 9.69. The maximum absolute atomic E-state index is 11.6. The molecule has 0 aliphatic carbocycles. The highest BCUT2D eigenvalue weighted by Gasteiger charge is 2.28. The fourth-order valence-electron chi connectivity index (χ4n) is 6.10. The Morgan fingerprint density at radius 3 is 1.45 bits per heavy atom. The lowest BCUT2D eigenvalue weighted by Gasteiger charge is -2.15. The van der Waals surface area contributed by atoms with Crippen LogP contribution in [0.3, 0.4) is 0 Å². The van der Waals surface area contributed by atoms with Crippen molar-refractivity contribution in [2.45, 2.75) is 181 Å². The van der Waals surface area contributed by atoms with Gasteiger partial charge in [-0.25, -0.2) is 9.59 Å². The first-order valence-electron chi connectivity index (χ1n) is 22.8. The summed E-state index contributed by atoms with van der Waals surface area (Å²) in [5.74, 6) is -0.0201. The van der Waals surface area contributed by atoms with E-state index in [1.807, 2.05) is 0 Å². The number of unbranched alkanes of at least 4 members (excludes halogenated alkanes) is 18. The molecule has 1 aliphatic rings. The van der Waals surface area contributed by atoms with Crippen LogP contribution in [-0.4, -0.2) is 41.4 Å². The van der Waals surface area contributed by atoms with Crippen LogP contribution in [0.2, 0.25) is 0 Å². The Kier molecular flexibility index (Phi) is 34.3. The minimum atomic E-state index is -0.830. The monoisotopic (exact) mass is 837 g/mol. The van der Waals surface area contributed by atoms with Crippen LogP contribution in [0.15, 0.2) is 85.1 Å². The number of benzene rings is 1. The lowest BCUT2D eigenvalue weighted by atomic mass is 10.1. The van der Waals surface area contributed by atoms with Crippen molar-refractivity contribution >= 4 is 23.9 Å². The molecule has 0 atom stereocenters. The van der Waals surface area contributed by atoms with Crippen LogP contribution >= 0.6 is 0 Å². The summed E-state index contributed by atoms with van der Waals surface area (Å²) >= 11 is 0. The Labute approximate surface area is 361 Å². The Morgan fingerprint density at radius 1 is 0.617 bits per heavy atom. The van der Waals surface area contributed by atoms with Gasteiger partial charge in [-0.15, -0.1) is 5.06 Å². The number of hydrogen-bond donors (Lipinski definition) is 0. The normalized spacial score (nSPS) is 12.8. The van der Waals surface area contributed by atoms with Crippen molar-refractivity contribution in [3.63, 3.8) is 0 Å². The van der Waals surface area contributed by atoms with Gasteiger partial charge in [-0.3, -0.25) is 19.7 Å². The highest BCUT2D eigenvalue weighted by molar-refractivity contribution is 5.81. The summed E-state index contributed by atoms with van der Waals surface area (Å²) < 4.78 is 15.0. The second kappa shape index (κ2) is 38.5. The Morgan fingerprint density at radius 2 is 1.03 bits per heavy atom. The number of ether oxygens (including phenoxy) is 3. The zero-order chi connectivity index (χ0) is 43.7. The molecule has 11 nitrogen and oxygen atoms in total. The van der Waals surface area contributed by atoms with E-state index in [2.05, 4.69) is 69.0 Å². The number of allylic oxidation sites excluding steroid dienone is 9. The van der Waals surface area contributed by atoms with Crippen LogP contribution in [0.4, 0.5) is 15.3 Å². The Balaban J connectivity index is 0.000000601. The van der Waals surface area contributed by atoms with Crippen molar-refractivity contribution in [3.8, 4) is 5.75 Å². The average Bonchev–Trinajstić information content (AvgIpc) is 3.55. The summed E-state index contributed by atoms with van der Waals surface area (Å²) in [5, 5.41) is 11.5. The molecule has 11 heteroatoms. The number of carbonyl (C=O) groups excluding carboxylic acids is 3. The molecule has 1 amide bonds. The number of hydrogen-bond acceptors (Lipinski definition) is 9. The van der Waals surface area contributed by atoms with E-state index in [0.29, 0.717) is 31.8 Å². The van der Waals surface area contributed by atoms with Gasteiger partial charge in [0.05, 0.1) is 23.8 Å². The Hall–Kier alpha value is -4.67. The third kappa shape index (κ3) is 31.3. The number of hydroxylamine groups is 2. The molecule has 1 aromatic carbocycles. The van der Waals surface area contributed by atoms with Gasteiger partial charge in [0.15, 0.2) is 0 Å². The zero-order valence-corrected chi connectivity index (χ0v) is 37.0. The van der Waals surface area contributed by atoms with Crippen molar-refractivity contribution in [2.75, 3.05) is 13.2 Å². The molecule has 0 radical (unpaired) electrons. The van der Waals surface area contributed by atoms with Crippen LogP contribution < -0.4 is 4.74 Å². The van der Waals surface area contributed by atoms with Crippen molar-refractivity contribution < 1.29 is 38.4 Å². The van der Waals surface area contributed by atoms with E-state index in [9.17, 15) is 24.5 Å². The van der Waals surface area contributed by atoms with Gasteiger partial charge < -0.3 is 14.2 Å². The molecule has 1 fully saturated rings. The third-order valence-corrected chi connectivity index (χ3v) is 9.69. The minimum Gasteiger partial charge on any atom is -0.434 e. The van der Waals surface area contributed by atoms with Gasteiger partial charge in [0, 0.05) is 18.6 Å². The average molecular weight is 837 g/mol. The summed E-state index contributed by atoms with van der Waals surface area (Å²) in [6, 6.07) is 5.32. The van der Waals surface area contributed by atoms with Crippen LogP contribution in [-0.2, 0) is 19.1 Å². The lowest BCUT2D eigenvalue weighted by molar-refractivity contribution is -0.384. The van der Waals surface area contributed by atoms with E-state index in [4.69, 9.17) is 19.0 Å². The predicted octanol–water partition coefficient (Wildman–Crippen LogP) is 14.9. The first kappa shape index (κ1) is 53.3. The maximum atomic E-state index is 11.6. The predicted molar refractivity (Wildman–Crippen MR) is 241 cm³/mol. The highest BCUT2D eigenvalue weighted by atomic mass is 16.8. The molecular weight excluding hydrogens is 761 g/mol. The molecule has 1 aliphatic heterocycles. The molecule has 1 heterocycles. The van der Waals surface area contributed by atoms with Crippen molar-refractivity contribution in [2.24, 2.45) is 0 Å². The number of rotatable bonds is 33. The molecule has 0 bridgehead atoms. The topological polar surface area (TPSA) is 135 Å².